The summed E-state index contributed by atoms with van der Waals surface area (Å²) >= 11 is 0. The fraction of sp³-hybridized carbons (Fsp3) is 0.273. The lowest BCUT2D eigenvalue weighted by atomic mass is 10.0. The molecule has 0 saturated heterocycles. The molecule has 4 N–H and O–H groups in total. The molecule has 0 fully saturated rings. The van der Waals surface area contributed by atoms with Crippen molar-refractivity contribution in [3.63, 3.8) is 0 Å². The standard InChI is InChI=1S/C11H13N3/c12-10-6-5-8-7-3-1-2-4-9(7)13-11(8)14-10/h1-4,10,13-14H,5-6,12H2. The number of rotatable bonds is 0. The molecule has 1 aliphatic rings. The van der Waals surface area contributed by atoms with Crippen LogP contribution in [0.25, 0.3) is 10.9 Å². The second kappa shape index (κ2) is 2.75. The number of para-hydroxylation sites is 1. The van der Waals surface area contributed by atoms with Gasteiger partial charge in [-0.1, -0.05) is 18.2 Å². The summed E-state index contributed by atoms with van der Waals surface area (Å²) in [6, 6.07) is 8.37. The first kappa shape index (κ1) is 7.88. The van der Waals surface area contributed by atoms with E-state index in [-0.39, 0.29) is 6.17 Å². The first-order valence-corrected chi connectivity index (χ1v) is 4.96. The van der Waals surface area contributed by atoms with E-state index < -0.39 is 0 Å². The van der Waals surface area contributed by atoms with Crippen molar-refractivity contribution in [3.8, 4) is 0 Å². The summed E-state index contributed by atoms with van der Waals surface area (Å²) in [6.07, 6.45) is 2.16. The minimum Gasteiger partial charge on any atom is -0.356 e. The van der Waals surface area contributed by atoms with Gasteiger partial charge in [0.1, 0.15) is 5.82 Å². The maximum atomic E-state index is 5.84. The van der Waals surface area contributed by atoms with Crippen LogP contribution in [0, 0.1) is 0 Å². The van der Waals surface area contributed by atoms with Crippen molar-refractivity contribution in [1.29, 1.82) is 0 Å². The number of anilines is 1. The van der Waals surface area contributed by atoms with Crippen LogP contribution in [0.4, 0.5) is 5.82 Å². The smallest absolute Gasteiger partial charge is 0.108 e. The molecule has 3 heteroatoms. The van der Waals surface area contributed by atoms with Gasteiger partial charge in [0.05, 0.1) is 6.17 Å². The number of nitrogens with one attached hydrogen (secondary N) is 2. The number of benzene rings is 1. The molecule has 0 radical (unpaired) electrons. The van der Waals surface area contributed by atoms with E-state index in [2.05, 4.69) is 28.5 Å². The second-order valence-corrected chi connectivity index (χ2v) is 3.81. The quantitative estimate of drug-likeness (QED) is 0.589. The third kappa shape index (κ3) is 1.02. The van der Waals surface area contributed by atoms with Gasteiger partial charge in [-0.15, -0.1) is 0 Å². The molecule has 1 aliphatic heterocycles. The van der Waals surface area contributed by atoms with Gasteiger partial charge in [-0.2, -0.15) is 0 Å². The molecule has 1 aromatic carbocycles. The molecule has 0 spiro atoms. The molecule has 1 aromatic heterocycles. The van der Waals surface area contributed by atoms with Crippen molar-refractivity contribution in [3.05, 3.63) is 29.8 Å². The maximum Gasteiger partial charge on any atom is 0.108 e. The van der Waals surface area contributed by atoms with Crippen LogP contribution < -0.4 is 11.1 Å². The Morgan fingerprint density at radius 2 is 2.14 bits per heavy atom. The SMILES string of the molecule is NC1CCc2c([nH]c3ccccc23)N1. The normalized spacial score (nSPS) is 20.5. The lowest BCUT2D eigenvalue weighted by molar-refractivity contribution is 0.655. The molecule has 72 valence electrons. The molecular formula is C11H13N3. The average Bonchev–Trinajstić information content (AvgIpc) is 2.54. The Labute approximate surface area is 82.3 Å². The van der Waals surface area contributed by atoms with E-state index in [9.17, 15) is 0 Å². The van der Waals surface area contributed by atoms with Gasteiger partial charge in [0.2, 0.25) is 0 Å². The first-order valence-electron chi connectivity index (χ1n) is 4.96. The Morgan fingerprint density at radius 1 is 1.29 bits per heavy atom. The predicted molar refractivity (Wildman–Crippen MR) is 58.2 cm³/mol. The van der Waals surface area contributed by atoms with Crippen molar-refractivity contribution in [2.45, 2.75) is 19.0 Å². The zero-order valence-corrected chi connectivity index (χ0v) is 7.88. The fourth-order valence-corrected chi connectivity index (χ4v) is 2.14. The van der Waals surface area contributed by atoms with Crippen molar-refractivity contribution >= 4 is 16.7 Å². The van der Waals surface area contributed by atoms with Crippen LogP contribution in [0.5, 0.6) is 0 Å². The third-order valence-corrected chi connectivity index (χ3v) is 2.85. The van der Waals surface area contributed by atoms with Gasteiger partial charge in [-0.05, 0) is 18.9 Å². The monoisotopic (exact) mass is 187 g/mol. The first-order chi connectivity index (χ1) is 6.84. The Bertz CT molecular complexity index is 472. The van der Waals surface area contributed by atoms with Crippen molar-refractivity contribution < 1.29 is 0 Å². The van der Waals surface area contributed by atoms with E-state index in [0.29, 0.717) is 0 Å². The summed E-state index contributed by atoms with van der Waals surface area (Å²) < 4.78 is 0. The van der Waals surface area contributed by atoms with Crippen LogP contribution in [0.2, 0.25) is 0 Å². The summed E-state index contributed by atoms with van der Waals surface area (Å²) in [5.41, 5.74) is 8.41. The lowest BCUT2D eigenvalue weighted by Gasteiger charge is -2.20. The number of aryl methyl sites for hydroxylation is 1. The highest BCUT2D eigenvalue weighted by Gasteiger charge is 2.18. The highest BCUT2D eigenvalue weighted by molar-refractivity contribution is 5.89. The van der Waals surface area contributed by atoms with Gasteiger partial charge in [-0.25, -0.2) is 0 Å². The molecule has 0 saturated carbocycles. The minimum absolute atomic E-state index is 0.0931. The topological polar surface area (TPSA) is 53.8 Å². The van der Waals surface area contributed by atoms with E-state index in [1.54, 1.807) is 0 Å². The number of nitrogens with two attached hydrogens (primary N) is 1. The molecule has 14 heavy (non-hydrogen) atoms. The Morgan fingerprint density at radius 3 is 3.07 bits per heavy atom. The van der Waals surface area contributed by atoms with Gasteiger partial charge < -0.3 is 16.0 Å². The van der Waals surface area contributed by atoms with Gasteiger partial charge in [0, 0.05) is 16.5 Å². The second-order valence-electron chi connectivity index (χ2n) is 3.81. The number of H-pyrrole nitrogens is 1. The van der Waals surface area contributed by atoms with E-state index in [1.165, 1.54) is 16.5 Å². The van der Waals surface area contributed by atoms with Gasteiger partial charge in [0.25, 0.3) is 0 Å². The van der Waals surface area contributed by atoms with Crippen molar-refractivity contribution in [1.82, 2.24) is 4.98 Å². The third-order valence-electron chi connectivity index (χ3n) is 2.85. The Hall–Kier alpha value is -1.48. The summed E-state index contributed by atoms with van der Waals surface area (Å²) in [6.45, 7) is 0. The van der Waals surface area contributed by atoms with Crippen LogP contribution in [-0.2, 0) is 6.42 Å². The average molecular weight is 187 g/mol. The molecule has 3 rings (SSSR count). The van der Waals surface area contributed by atoms with Crippen LogP contribution >= 0.6 is 0 Å². The Balaban J connectivity index is 2.24. The number of hydrogen-bond donors (Lipinski definition) is 3. The van der Waals surface area contributed by atoms with Crippen molar-refractivity contribution in [2.75, 3.05) is 5.32 Å². The molecule has 2 aromatic rings. The summed E-state index contributed by atoms with van der Waals surface area (Å²) in [5.74, 6) is 1.10. The molecule has 0 aliphatic carbocycles. The Kier molecular flexibility index (Phi) is 1.55. The van der Waals surface area contributed by atoms with Gasteiger partial charge in [0.15, 0.2) is 0 Å². The van der Waals surface area contributed by atoms with Crippen LogP contribution in [-0.4, -0.2) is 11.1 Å². The van der Waals surface area contributed by atoms with E-state index in [1.807, 2.05) is 6.07 Å². The highest BCUT2D eigenvalue weighted by atomic mass is 15.1. The van der Waals surface area contributed by atoms with E-state index in [4.69, 9.17) is 5.73 Å². The number of aromatic nitrogens is 1. The molecule has 1 unspecified atom stereocenters. The lowest BCUT2D eigenvalue weighted by Crippen LogP contribution is -2.33. The van der Waals surface area contributed by atoms with Crippen LogP contribution in [0.15, 0.2) is 24.3 Å². The zero-order chi connectivity index (χ0) is 9.54. The molecule has 1 atom stereocenters. The zero-order valence-electron chi connectivity index (χ0n) is 7.88. The fourth-order valence-electron chi connectivity index (χ4n) is 2.14. The molecule has 0 bridgehead atoms. The summed E-state index contributed by atoms with van der Waals surface area (Å²) in [5, 5.41) is 4.59. The summed E-state index contributed by atoms with van der Waals surface area (Å²) in [4.78, 5) is 3.36. The molecule has 0 amide bonds. The number of fused-ring (bicyclic) bond motifs is 3. The van der Waals surface area contributed by atoms with Crippen molar-refractivity contribution in [2.24, 2.45) is 5.73 Å². The largest absolute Gasteiger partial charge is 0.356 e. The van der Waals surface area contributed by atoms with Crippen LogP contribution in [0.3, 0.4) is 0 Å². The minimum atomic E-state index is 0.0931. The predicted octanol–water partition coefficient (Wildman–Crippen LogP) is 1.81. The molecule has 2 heterocycles. The van der Waals surface area contributed by atoms with E-state index >= 15 is 0 Å². The van der Waals surface area contributed by atoms with E-state index in [0.717, 1.165) is 18.7 Å². The summed E-state index contributed by atoms with van der Waals surface area (Å²) in [7, 11) is 0. The maximum absolute atomic E-state index is 5.84. The molecular weight excluding hydrogens is 174 g/mol. The number of aromatic amines is 1. The van der Waals surface area contributed by atoms with Gasteiger partial charge >= 0.3 is 0 Å². The number of hydrogen-bond acceptors (Lipinski definition) is 2. The van der Waals surface area contributed by atoms with Gasteiger partial charge in [-0.3, -0.25) is 0 Å². The molecule has 3 nitrogen and oxygen atoms in total. The van der Waals surface area contributed by atoms with Crippen LogP contribution in [0.1, 0.15) is 12.0 Å². The highest BCUT2D eigenvalue weighted by Crippen LogP contribution is 2.30.